The fourth-order valence-corrected chi connectivity index (χ4v) is 0.151. The van der Waals surface area contributed by atoms with Gasteiger partial charge in [0.05, 0.1) is 12.8 Å². The molecule has 0 aliphatic rings. The molecule has 0 saturated heterocycles. The Morgan fingerprint density at radius 3 is 2.57 bits per heavy atom. The molecule has 0 fully saturated rings. The topological polar surface area (TPSA) is 63.3 Å². The lowest BCUT2D eigenvalue weighted by atomic mass is 10.4. The van der Waals surface area contributed by atoms with Crippen LogP contribution in [0.5, 0.6) is 0 Å². The molecule has 0 aliphatic heterocycles. The van der Waals surface area contributed by atoms with E-state index in [1.165, 1.54) is 0 Å². The molecule has 0 atom stereocenters. The first-order valence-electron chi connectivity index (χ1n) is 1.85. The van der Waals surface area contributed by atoms with E-state index >= 15 is 0 Å². The van der Waals surface area contributed by atoms with Crippen LogP contribution < -0.4 is 5.73 Å². The second-order valence-electron chi connectivity index (χ2n) is 0.986. The number of aliphatic hydroxyl groups excluding tert-OH is 1. The van der Waals surface area contributed by atoms with Gasteiger partial charge in [0.15, 0.2) is 5.78 Å². The predicted molar refractivity (Wildman–Crippen MR) is 25.8 cm³/mol. The van der Waals surface area contributed by atoms with Gasteiger partial charge in [-0.25, -0.2) is 0 Å². The third kappa shape index (κ3) is 2.99. The first-order chi connectivity index (χ1) is 3.31. The normalized spacial score (nSPS) is 9.86. The molecule has 40 valence electrons. The molecular weight excluding hydrogens is 94.0 g/mol. The smallest absolute Gasteiger partial charge is 0.172 e. The zero-order chi connectivity index (χ0) is 5.70. The van der Waals surface area contributed by atoms with Gasteiger partial charge in [0.2, 0.25) is 0 Å². The van der Waals surface area contributed by atoms with Crippen LogP contribution in [0.25, 0.3) is 0 Å². The van der Waals surface area contributed by atoms with Gasteiger partial charge in [0.1, 0.15) is 0 Å². The van der Waals surface area contributed by atoms with Gasteiger partial charge in [-0.15, -0.1) is 0 Å². The molecule has 3 heteroatoms. The molecule has 0 aromatic heterocycles. The van der Waals surface area contributed by atoms with E-state index in [0.29, 0.717) is 6.26 Å². The highest BCUT2D eigenvalue weighted by Crippen LogP contribution is 1.67. The predicted octanol–water partition coefficient (Wildman–Crippen LogP) is -0.414. The van der Waals surface area contributed by atoms with Crippen molar-refractivity contribution in [1.82, 2.24) is 0 Å². The first kappa shape index (κ1) is 6.17. The Kier molecular flexibility index (Phi) is 2.96. The van der Waals surface area contributed by atoms with Crippen LogP contribution in [0.15, 0.2) is 12.3 Å². The van der Waals surface area contributed by atoms with Gasteiger partial charge in [-0.3, -0.25) is 4.79 Å². The van der Waals surface area contributed by atoms with Gasteiger partial charge < -0.3 is 10.8 Å². The number of aliphatic hydroxyl groups is 1. The molecule has 0 amide bonds. The second kappa shape index (κ2) is 3.36. The van der Waals surface area contributed by atoms with Crippen LogP contribution >= 0.6 is 0 Å². The quantitative estimate of drug-likeness (QED) is 0.367. The number of rotatable bonds is 2. The van der Waals surface area contributed by atoms with E-state index in [9.17, 15) is 4.79 Å². The Hall–Kier alpha value is -0.830. The van der Waals surface area contributed by atoms with E-state index in [1.807, 2.05) is 0 Å². The number of nitrogens with two attached hydrogens (primary N) is 1. The van der Waals surface area contributed by atoms with Crippen LogP contribution in [0.2, 0.25) is 0 Å². The van der Waals surface area contributed by atoms with Crippen molar-refractivity contribution in [1.29, 1.82) is 0 Å². The summed E-state index contributed by atoms with van der Waals surface area (Å²) in [6, 6.07) is 0. The maximum atomic E-state index is 10.0. The van der Waals surface area contributed by atoms with Crippen LogP contribution in [0, 0.1) is 0 Å². The number of carbonyl (C=O) groups excluding carboxylic acids is 1. The fourth-order valence-electron chi connectivity index (χ4n) is 0.151. The fraction of sp³-hybridized carbons (Fsp3) is 0.250. The van der Waals surface area contributed by atoms with Crippen molar-refractivity contribution in [3.05, 3.63) is 12.3 Å². The number of hydrogen-bond acceptors (Lipinski definition) is 3. The van der Waals surface area contributed by atoms with Gasteiger partial charge in [-0.1, -0.05) is 0 Å². The lowest BCUT2D eigenvalue weighted by Gasteiger charge is -1.78. The van der Waals surface area contributed by atoms with Crippen LogP contribution in [0.3, 0.4) is 0 Å². The molecule has 0 spiro atoms. The highest BCUT2D eigenvalue weighted by Gasteiger charge is 1.85. The van der Waals surface area contributed by atoms with Crippen LogP contribution in [-0.4, -0.2) is 17.4 Å². The summed E-state index contributed by atoms with van der Waals surface area (Å²) in [7, 11) is 0. The molecule has 0 aromatic carbocycles. The lowest BCUT2D eigenvalue weighted by Crippen LogP contribution is -2.09. The molecule has 0 aromatic rings. The van der Waals surface area contributed by atoms with Crippen molar-refractivity contribution < 1.29 is 9.90 Å². The van der Waals surface area contributed by atoms with Crippen LogP contribution in [0.4, 0.5) is 0 Å². The van der Waals surface area contributed by atoms with Crippen molar-refractivity contribution in [2.75, 3.05) is 6.54 Å². The Labute approximate surface area is 41.4 Å². The Morgan fingerprint density at radius 2 is 2.43 bits per heavy atom. The molecule has 7 heavy (non-hydrogen) atoms. The summed E-state index contributed by atoms with van der Waals surface area (Å²) >= 11 is 0. The summed E-state index contributed by atoms with van der Waals surface area (Å²) in [5.41, 5.74) is 4.85. The average Bonchev–Trinajstić information content (AvgIpc) is 1.68. The highest BCUT2D eigenvalue weighted by molar-refractivity contribution is 5.90. The number of carbonyl (C=O) groups is 1. The van der Waals surface area contributed by atoms with E-state index in [-0.39, 0.29) is 12.3 Å². The molecule has 0 aliphatic carbocycles. The van der Waals surface area contributed by atoms with Crippen LogP contribution in [-0.2, 0) is 4.79 Å². The Bertz CT molecular complexity index is 87.7. The summed E-state index contributed by atoms with van der Waals surface area (Å²) in [5, 5.41) is 7.91. The molecule has 0 heterocycles. The lowest BCUT2D eigenvalue weighted by molar-refractivity contribution is -0.113. The molecule has 0 unspecified atom stereocenters. The SMILES string of the molecule is NCC(=O)C=CO. The molecule has 0 radical (unpaired) electrons. The third-order valence-corrected chi connectivity index (χ3v) is 0.462. The van der Waals surface area contributed by atoms with E-state index in [1.54, 1.807) is 0 Å². The van der Waals surface area contributed by atoms with Gasteiger partial charge in [-0.05, 0) is 0 Å². The number of ketones is 1. The van der Waals surface area contributed by atoms with Gasteiger partial charge in [-0.2, -0.15) is 0 Å². The minimum absolute atomic E-state index is 0.0446. The molecule has 0 saturated carbocycles. The van der Waals surface area contributed by atoms with Crippen molar-refractivity contribution >= 4 is 5.78 Å². The number of hydrogen-bond donors (Lipinski definition) is 2. The third-order valence-electron chi connectivity index (χ3n) is 0.462. The maximum absolute atomic E-state index is 10.0. The van der Waals surface area contributed by atoms with Gasteiger partial charge in [0.25, 0.3) is 0 Å². The summed E-state index contributed by atoms with van der Waals surface area (Å²) in [6.07, 6.45) is 1.69. The minimum atomic E-state index is -0.275. The summed E-state index contributed by atoms with van der Waals surface area (Å²) in [5.74, 6) is -0.275. The van der Waals surface area contributed by atoms with Crippen molar-refractivity contribution in [3.8, 4) is 0 Å². The Balaban J connectivity index is 3.37. The minimum Gasteiger partial charge on any atom is -0.515 e. The largest absolute Gasteiger partial charge is 0.515 e. The van der Waals surface area contributed by atoms with E-state index in [4.69, 9.17) is 10.8 Å². The molecular formula is C4H7NO2. The van der Waals surface area contributed by atoms with E-state index in [0.717, 1.165) is 6.08 Å². The first-order valence-corrected chi connectivity index (χ1v) is 1.85. The average molecular weight is 101 g/mol. The highest BCUT2D eigenvalue weighted by atomic mass is 16.2. The van der Waals surface area contributed by atoms with Crippen molar-refractivity contribution in [2.24, 2.45) is 5.73 Å². The van der Waals surface area contributed by atoms with E-state index < -0.39 is 0 Å². The zero-order valence-corrected chi connectivity index (χ0v) is 3.79. The second-order valence-corrected chi connectivity index (χ2v) is 0.986. The molecule has 0 bridgehead atoms. The van der Waals surface area contributed by atoms with E-state index in [2.05, 4.69) is 0 Å². The summed E-state index contributed by atoms with van der Waals surface area (Å²) in [4.78, 5) is 10.0. The maximum Gasteiger partial charge on any atom is 0.172 e. The standard InChI is InChI=1S/C4H7NO2/c5-3-4(7)1-2-6/h1-2,6H,3,5H2. The summed E-state index contributed by atoms with van der Waals surface area (Å²) < 4.78 is 0. The van der Waals surface area contributed by atoms with Crippen molar-refractivity contribution in [3.63, 3.8) is 0 Å². The van der Waals surface area contributed by atoms with Gasteiger partial charge >= 0.3 is 0 Å². The zero-order valence-electron chi connectivity index (χ0n) is 3.79. The molecule has 3 N–H and O–H groups in total. The monoisotopic (exact) mass is 101 g/mol. The van der Waals surface area contributed by atoms with Crippen molar-refractivity contribution in [2.45, 2.75) is 0 Å². The van der Waals surface area contributed by atoms with Gasteiger partial charge in [0, 0.05) is 6.08 Å². The molecule has 0 rings (SSSR count). The summed E-state index contributed by atoms with van der Waals surface area (Å²) in [6.45, 7) is -0.0446. The Morgan fingerprint density at radius 1 is 1.86 bits per heavy atom. The van der Waals surface area contributed by atoms with Crippen LogP contribution in [0.1, 0.15) is 0 Å². The molecule has 3 nitrogen and oxygen atoms in total.